The summed E-state index contributed by atoms with van der Waals surface area (Å²) in [6, 6.07) is 4.44. The number of alkyl halides is 3. The predicted molar refractivity (Wildman–Crippen MR) is 65.7 cm³/mol. The Hall–Kier alpha value is -1.72. The third-order valence-corrected chi connectivity index (χ3v) is 3.07. The van der Waals surface area contributed by atoms with Crippen molar-refractivity contribution in [2.45, 2.75) is 31.5 Å². The van der Waals surface area contributed by atoms with E-state index in [0.717, 1.165) is 25.0 Å². The number of hydrogen-bond donors (Lipinski definition) is 2. The number of hydrogen-bond acceptors (Lipinski definition) is 2. The molecule has 19 heavy (non-hydrogen) atoms. The summed E-state index contributed by atoms with van der Waals surface area (Å²) in [5.41, 5.74) is -0.400. The van der Waals surface area contributed by atoms with Gasteiger partial charge in [-0.1, -0.05) is 6.07 Å². The second-order valence-corrected chi connectivity index (χ2v) is 4.56. The van der Waals surface area contributed by atoms with Gasteiger partial charge in [-0.25, -0.2) is 0 Å². The molecule has 2 rings (SSSR count). The monoisotopic (exact) mass is 272 g/mol. The van der Waals surface area contributed by atoms with Crippen LogP contribution in [0.3, 0.4) is 0 Å². The molecule has 2 N–H and O–H groups in total. The first-order valence-electron chi connectivity index (χ1n) is 6.18. The van der Waals surface area contributed by atoms with Gasteiger partial charge in [0.05, 0.1) is 5.56 Å². The summed E-state index contributed by atoms with van der Waals surface area (Å²) in [6.07, 6.45) is -1.98. The molecule has 0 aliphatic carbocycles. The van der Waals surface area contributed by atoms with Crippen molar-refractivity contribution in [1.82, 2.24) is 5.32 Å². The predicted octanol–water partition coefficient (Wildman–Crippen LogP) is 2.79. The van der Waals surface area contributed by atoms with Crippen LogP contribution in [-0.2, 0) is 11.0 Å². The maximum atomic E-state index is 12.6. The SMILES string of the molecule is O=C1NCCCCC1Nc1cccc(C(F)(F)F)c1. The van der Waals surface area contributed by atoms with Gasteiger partial charge < -0.3 is 10.6 Å². The van der Waals surface area contributed by atoms with Crippen LogP contribution in [0.25, 0.3) is 0 Å². The van der Waals surface area contributed by atoms with Gasteiger partial charge in [0.1, 0.15) is 6.04 Å². The summed E-state index contributed by atoms with van der Waals surface area (Å²) >= 11 is 0. The van der Waals surface area contributed by atoms with E-state index in [1.54, 1.807) is 0 Å². The molecule has 1 saturated heterocycles. The highest BCUT2D eigenvalue weighted by Gasteiger charge is 2.30. The van der Waals surface area contributed by atoms with Crippen molar-refractivity contribution in [3.8, 4) is 0 Å². The standard InChI is InChI=1S/C13H15F3N2O/c14-13(15,16)9-4-3-5-10(8-9)18-11-6-1-2-7-17-12(11)19/h3-5,8,11,18H,1-2,6-7H2,(H,17,19). The van der Waals surface area contributed by atoms with Crippen molar-refractivity contribution in [2.75, 3.05) is 11.9 Å². The minimum atomic E-state index is -4.37. The fourth-order valence-corrected chi connectivity index (χ4v) is 2.06. The second-order valence-electron chi connectivity index (χ2n) is 4.56. The highest BCUT2D eigenvalue weighted by atomic mass is 19.4. The minimum absolute atomic E-state index is 0.157. The van der Waals surface area contributed by atoms with E-state index in [2.05, 4.69) is 10.6 Å². The fourth-order valence-electron chi connectivity index (χ4n) is 2.06. The lowest BCUT2D eigenvalue weighted by molar-refractivity contribution is -0.137. The number of nitrogens with one attached hydrogen (secondary N) is 2. The van der Waals surface area contributed by atoms with Crippen LogP contribution in [0.1, 0.15) is 24.8 Å². The Balaban J connectivity index is 2.12. The van der Waals surface area contributed by atoms with Crippen molar-refractivity contribution in [3.05, 3.63) is 29.8 Å². The fraction of sp³-hybridized carbons (Fsp3) is 0.462. The van der Waals surface area contributed by atoms with Crippen LogP contribution in [0.2, 0.25) is 0 Å². The van der Waals surface area contributed by atoms with Crippen LogP contribution in [-0.4, -0.2) is 18.5 Å². The maximum Gasteiger partial charge on any atom is 0.416 e. The Morgan fingerprint density at radius 2 is 2.05 bits per heavy atom. The summed E-state index contributed by atoms with van der Waals surface area (Å²) in [7, 11) is 0. The van der Waals surface area contributed by atoms with Crippen molar-refractivity contribution in [1.29, 1.82) is 0 Å². The average Bonchev–Trinajstić information content (AvgIpc) is 2.54. The number of amides is 1. The smallest absolute Gasteiger partial charge is 0.374 e. The molecular weight excluding hydrogens is 257 g/mol. The maximum absolute atomic E-state index is 12.6. The number of anilines is 1. The Morgan fingerprint density at radius 3 is 2.79 bits per heavy atom. The van der Waals surface area contributed by atoms with E-state index in [1.807, 2.05) is 0 Å². The van der Waals surface area contributed by atoms with E-state index in [0.29, 0.717) is 18.7 Å². The number of benzene rings is 1. The normalized spacial score (nSPS) is 20.6. The van der Waals surface area contributed by atoms with E-state index in [-0.39, 0.29) is 5.91 Å². The Morgan fingerprint density at radius 1 is 1.26 bits per heavy atom. The summed E-state index contributed by atoms with van der Waals surface area (Å²) < 4.78 is 37.7. The zero-order valence-electron chi connectivity index (χ0n) is 10.3. The van der Waals surface area contributed by atoms with Crippen molar-refractivity contribution in [3.63, 3.8) is 0 Å². The molecule has 0 aromatic heterocycles. The zero-order chi connectivity index (χ0) is 13.9. The molecule has 0 bridgehead atoms. The van der Waals surface area contributed by atoms with Crippen molar-refractivity contribution >= 4 is 11.6 Å². The summed E-state index contributed by atoms with van der Waals surface area (Å²) in [6.45, 7) is 0.625. The largest absolute Gasteiger partial charge is 0.416 e. The third kappa shape index (κ3) is 3.62. The Labute approximate surface area is 109 Å². The van der Waals surface area contributed by atoms with Crippen molar-refractivity contribution in [2.24, 2.45) is 0 Å². The van der Waals surface area contributed by atoms with Crippen LogP contribution < -0.4 is 10.6 Å². The van der Waals surface area contributed by atoms with E-state index in [4.69, 9.17) is 0 Å². The van der Waals surface area contributed by atoms with Gasteiger partial charge in [-0.2, -0.15) is 13.2 Å². The first-order chi connectivity index (χ1) is 8.97. The van der Waals surface area contributed by atoms with Crippen LogP contribution in [0.15, 0.2) is 24.3 Å². The van der Waals surface area contributed by atoms with Gasteiger partial charge in [0.2, 0.25) is 5.91 Å². The van der Waals surface area contributed by atoms with Crippen molar-refractivity contribution < 1.29 is 18.0 Å². The summed E-state index contributed by atoms with van der Waals surface area (Å²) in [5, 5.41) is 5.61. The molecule has 0 spiro atoms. The highest BCUT2D eigenvalue weighted by molar-refractivity contribution is 5.84. The molecule has 0 saturated carbocycles. The molecule has 6 heteroatoms. The quantitative estimate of drug-likeness (QED) is 0.869. The van der Waals surface area contributed by atoms with E-state index < -0.39 is 17.8 Å². The lowest BCUT2D eigenvalue weighted by atomic mass is 10.1. The van der Waals surface area contributed by atoms with Gasteiger partial charge in [-0.05, 0) is 37.5 Å². The van der Waals surface area contributed by atoms with Crippen LogP contribution >= 0.6 is 0 Å². The van der Waals surface area contributed by atoms with Crippen LogP contribution in [0.5, 0.6) is 0 Å². The van der Waals surface area contributed by atoms with E-state index in [1.165, 1.54) is 12.1 Å². The summed E-state index contributed by atoms with van der Waals surface area (Å²) in [4.78, 5) is 11.7. The number of carbonyl (C=O) groups is 1. The summed E-state index contributed by atoms with van der Waals surface area (Å²) in [5.74, 6) is -0.157. The molecule has 0 radical (unpaired) electrons. The second kappa shape index (κ2) is 5.50. The first kappa shape index (κ1) is 13.7. The van der Waals surface area contributed by atoms with Gasteiger partial charge in [-0.15, -0.1) is 0 Å². The molecule has 1 aliphatic heterocycles. The third-order valence-electron chi connectivity index (χ3n) is 3.07. The highest BCUT2D eigenvalue weighted by Crippen LogP contribution is 2.30. The van der Waals surface area contributed by atoms with Gasteiger partial charge in [-0.3, -0.25) is 4.79 Å². The number of carbonyl (C=O) groups excluding carboxylic acids is 1. The van der Waals surface area contributed by atoms with Crippen LogP contribution in [0, 0.1) is 0 Å². The Kier molecular flexibility index (Phi) is 3.97. The molecule has 104 valence electrons. The molecule has 1 aromatic rings. The number of halogens is 3. The average molecular weight is 272 g/mol. The van der Waals surface area contributed by atoms with Gasteiger partial charge in [0.15, 0.2) is 0 Å². The molecule has 1 fully saturated rings. The van der Waals surface area contributed by atoms with Gasteiger partial charge in [0, 0.05) is 12.2 Å². The number of rotatable bonds is 2. The molecule has 1 atom stereocenters. The lowest BCUT2D eigenvalue weighted by Crippen LogP contribution is -2.37. The lowest BCUT2D eigenvalue weighted by Gasteiger charge is -2.17. The molecule has 3 nitrogen and oxygen atoms in total. The molecule has 1 heterocycles. The molecule has 1 amide bonds. The molecular formula is C13H15F3N2O. The van der Waals surface area contributed by atoms with E-state index >= 15 is 0 Å². The van der Waals surface area contributed by atoms with Gasteiger partial charge >= 0.3 is 6.18 Å². The topological polar surface area (TPSA) is 41.1 Å². The molecule has 1 aliphatic rings. The van der Waals surface area contributed by atoms with E-state index in [9.17, 15) is 18.0 Å². The minimum Gasteiger partial charge on any atom is -0.374 e. The zero-order valence-corrected chi connectivity index (χ0v) is 10.3. The molecule has 1 unspecified atom stereocenters. The Bertz CT molecular complexity index is 459. The molecule has 1 aromatic carbocycles. The first-order valence-corrected chi connectivity index (χ1v) is 6.18. The van der Waals surface area contributed by atoms with Gasteiger partial charge in [0.25, 0.3) is 0 Å². The van der Waals surface area contributed by atoms with Crippen LogP contribution in [0.4, 0.5) is 18.9 Å².